The van der Waals surface area contributed by atoms with Crippen LogP contribution in [0.4, 0.5) is 0 Å². The molecule has 0 rings (SSSR count). The van der Waals surface area contributed by atoms with Crippen molar-refractivity contribution in [3.05, 3.63) is 0 Å². The number of aliphatic hydroxyl groups excluding tert-OH is 4. The van der Waals surface area contributed by atoms with Crippen LogP contribution >= 0.6 is 0 Å². The maximum absolute atomic E-state index is 9.49. The van der Waals surface area contributed by atoms with Gasteiger partial charge in [0, 0.05) is 18.6 Å². The Hall–Kier alpha value is -0.160. The lowest BCUT2D eigenvalue weighted by molar-refractivity contribution is -0.0204. The van der Waals surface area contributed by atoms with Crippen LogP contribution in [0, 0.1) is 11.3 Å². The van der Waals surface area contributed by atoms with E-state index in [4.69, 9.17) is 15.3 Å². The van der Waals surface area contributed by atoms with Crippen molar-refractivity contribution in [2.75, 3.05) is 19.8 Å². The quantitative estimate of drug-likeness (QED) is 0.466. The molecule has 0 fully saturated rings. The van der Waals surface area contributed by atoms with Gasteiger partial charge in [-0.15, -0.1) is 0 Å². The van der Waals surface area contributed by atoms with Crippen LogP contribution in [-0.4, -0.2) is 46.4 Å². The molecule has 0 saturated heterocycles. The Balaban J connectivity index is 0. The maximum atomic E-state index is 9.49. The summed E-state index contributed by atoms with van der Waals surface area (Å²) >= 11 is 0. The molecule has 0 aliphatic heterocycles. The molecule has 0 aliphatic rings. The minimum Gasteiger partial charge on any atom is -0.396 e. The van der Waals surface area contributed by atoms with Crippen LogP contribution in [0.15, 0.2) is 0 Å². The predicted octanol–water partition coefficient (Wildman–Crippen LogP) is 2.33. The molecule has 1 unspecified atom stereocenters. The van der Waals surface area contributed by atoms with Gasteiger partial charge in [-0.2, -0.15) is 0 Å². The van der Waals surface area contributed by atoms with E-state index >= 15 is 0 Å². The van der Waals surface area contributed by atoms with E-state index in [1.165, 1.54) is 12.8 Å². The topological polar surface area (TPSA) is 80.9 Å². The Morgan fingerprint density at radius 3 is 1.30 bits per heavy atom. The Kier molecular flexibility index (Phi) is 15.3. The van der Waals surface area contributed by atoms with Crippen LogP contribution in [0.2, 0.25) is 0 Å². The zero-order valence-corrected chi connectivity index (χ0v) is 13.8. The second-order valence-electron chi connectivity index (χ2n) is 6.40. The van der Waals surface area contributed by atoms with Gasteiger partial charge in [-0.3, -0.25) is 0 Å². The Labute approximate surface area is 124 Å². The number of hydrogen-bond acceptors (Lipinski definition) is 4. The fourth-order valence-electron chi connectivity index (χ4n) is 1.93. The molecule has 0 aliphatic carbocycles. The number of aliphatic hydroxyl groups is 4. The average molecular weight is 292 g/mol. The second kappa shape index (κ2) is 13.8. The predicted molar refractivity (Wildman–Crippen MR) is 83.6 cm³/mol. The highest BCUT2D eigenvalue weighted by atomic mass is 16.3. The smallest absolute Gasteiger partial charge is 0.0635 e. The average Bonchev–Trinajstić information content (AvgIpc) is 2.42. The van der Waals surface area contributed by atoms with E-state index in [2.05, 4.69) is 0 Å². The summed E-state index contributed by atoms with van der Waals surface area (Å²) in [5, 5.41) is 35.2. The van der Waals surface area contributed by atoms with Crippen LogP contribution in [0.5, 0.6) is 0 Å². The van der Waals surface area contributed by atoms with Gasteiger partial charge < -0.3 is 20.4 Å². The summed E-state index contributed by atoms with van der Waals surface area (Å²) in [6.45, 7) is 8.28. The summed E-state index contributed by atoms with van der Waals surface area (Å²) in [4.78, 5) is 0. The molecule has 124 valence electrons. The summed E-state index contributed by atoms with van der Waals surface area (Å²) < 4.78 is 0. The van der Waals surface area contributed by atoms with Gasteiger partial charge in [0.15, 0.2) is 0 Å². The third-order valence-electron chi connectivity index (χ3n) is 3.41. The minimum absolute atomic E-state index is 0.0341. The Morgan fingerprint density at radius 1 is 0.750 bits per heavy atom. The first-order chi connectivity index (χ1) is 9.33. The standard InChI is InChI=1S/2C8H18O2/c1-6(2)7(10)8(3,4)5-9;9-7-5-3-1-2-4-6-8-10/h6-7,9-10H,5H2,1-4H3;9-10H,1-8H2. The van der Waals surface area contributed by atoms with E-state index in [1.54, 1.807) is 0 Å². The third-order valence-corrected chi connectivity index (χ3v) is 3.41. The molecule has 4 nitrogen and oxygen atoms in total. The molecular formula is C16H36O4. The van der Waals surface area contributed by atoms with Crippen LogP contribution in [0.3, 0.4) is 0 Å². The van der Waals surface area contributed by atoms with Gasteiger partial charge >= 0.3 is 0 Å². The largest absolute Gasteiger partial charge is 0.396 e. The first kappa shape index (κ1) is 22.1. The van der Waals surface area contributed by atoms with Crippen molar-refractivity contribution in [3.63, 3.8) is 0 Å². The summed E-state index contributed by atoms with van der Waals surface area (Å²) in [7, 11) is 0. The molecule has 0 aromatic rings. The fourth-order valence-corrected chi connectivity index (χ4v) is 1.93. The van der Waals surface area contributed by atoms with Gasteiger partial charge in [-0.1, -0.05) is 53.4 Å². The van der Waals surface area contributed by atoms with Crippen LogP contribution in [0.1, 0.15) is 66.2 Å². The van der Waals surface area contributed by atoms with Crippen molar-refractivity contribution >= 4 is 0 Å². The Morgan fingerprint density at radius 2 is 1.10 bits per heavy atom. The highest BCUT2D eigenvalue weighted by Gasteiger charge is 2.28. The van der Waals surface area contributed by atoms with Crippen molar-refractivity contribution in [2.24, 2.45) is 11.3 Å². The zero-order chi connectivity index (χ0) is 16.0. The molecule has 0 spiro atoms. The lowest BCUT2D eigenvalue weighted by Gasteiger charge is -2.30. The second-order valence-corrected chi connectivity index (χ2v) is 6.40. The van der Waals surface area contributed by atoms with Gasteiger partial charge in [-0.05, 0) is 18.8 Å². The lowest BCUT2D eigenvalue weighted by atomic mass is 9.82. The van der Waals surface area contributed by atoms with Crippen LogP contribution in [-0.2, 0) is 0 Å². The van der Waals surface area contributed by atoms with Crippen LogP contribution in [0.25, 0.3) is 0 Å². The maximum Gasteiger partial charge on any atom is 0.0635 e. The fraction of sp³-hybridized carbons (Fsp3) is 1.00. The first-order valence-corrected chi connectivity index (χ1v) is 7.84. The highest BCUT2D eigenvalue weighted by Crippen LogP contribution is 2.24. The molecule has 20 heavy (non-hydrogen) atoms. The van der Waals surface area contributed by atoms with Crippen LogP contribution < -0.4 is 0 Å². The normalized spacial score (nSPS) is 13.1. The van der Waals surface area contributed by atoms with E-state index in [1.807, 2.05) is 27.7 Å². The van der Waals surface area contributed by atoms with E-state index in [9.17, 15) is 5.11 Å². The summed E-state index contributed by atoms with van der Waals surface area (Å²) in [5.74, 6) is 0.210. The minimum atomic E-state index is -0.419. The molecule has 0 saturated carbocycles. The van der Waals surface area contributed by atoms with E-state index in [0.717, 1.165) is 25.7 Å². The molecule has 0 heterocycles. The van der Waals surface area contributed by atoms with Crippen molar-refractivity contribution in [1.82, 2.24) is 0 Å². The van der Waals surface area contributed by atoms with Crippen molar-refractivity contribution in [1.29, 1.82) is 0 Å². The molecule has 0 radical (unpaired) electrons. The zero-order valence-electron chi connectivity index (χ0n) is 13.8. The lowest BCUT2D eigenvalue weighted by Crippen LogP contribution is -2.36. The molecule has 0 aromatic carbocycles. The highest BCUT2D eigenvalue weighted by molar-refractivity contribution is 4.78. The van der Waals surface area contributed by atoms with Gasteiger partial charge in [0.25, 0.3) is 0 Å². The van der Waals surface area contributed by atoms with Crippen molar-refractivity contribution < 1.29 is 20.4 Å². The first-order valence-electron chi connectivity index (χ1n) is 7.84. The molecule has 0 amide bonds. The van der Waals surface area contributed by atoms with E-state index in [-0.39, 0.29) is 17.9 Å². The monoisotopic (exact) mass is 292 g/mol. The summed E-state index contributed by atoms with van der Waals surface area (Å²) in [6.07, 6.45) is 6.08. The van der Waals surface area contributed by atoms with Gasteiger partial charge in [0.2, 0.25) is 0 Å². The third kappa shape index (κ3) is 12.9. The molecular weight excluding hydrogens is 256 g/mol. The number of hydrogen-bond donors (Lipinski definition) is 4. The van der Waals surface area contributed by atoms with E-state index in [0.29, 0.717) is 13.2 Å². The summed E-state index contributed by atoms with van der Waals surface area (Å²) in [5.41, 5.74) is -0.367. The van der Waals surface area contributed by atoms with Gasteiger partial charge in [0.1, 0.15) is 0 Å². The molecule has 4 heteroatoms. The Bertz CT molecular complexity index is 185. The number of unbranched alkanes of at least 4 members (excludes halogenated alkanes) is 5. The molecule has 1 atom stereocenters. The van der Waals surface area contributed by atoms with E-state index < -0.39 is 6.10 Å². The molecule has 0 bridgehead atoms. The van der Waals surface area contributed by atoms with Crippen molar-refractivity contribution in [3.8, 4) is 0 Å². The summed E-state index contributed by atoms with van der Waals surface area (Å²) in [6, 6.07) is 0. The molecule has 0 aromatic heterocycles. The number of rotatable bonds is 10. The SMILES string of the molecule is CC(C)C(O)C(C)(C)CO.OCCCCCCCCO. The van der Waals surface area contributed by atoms with Gasteiger partial charge in [-0.25, -0.2) is 0 Å². The van der Waals surface area contributed by atoms with Crippen molar-refractivity contribution in [2.45, 2.75) is 72.3 Å². The van der Waals surface area contributed by atoms with Gasteiger partial charge in [0.05, 0.1) is 12.7 Å². The molecule has 4 N–H and O–H groups in total.